The third-order valence-corrected chi connectivity index (χ3v) is 4.29. The second-order valence-corrected chi connectivity index (χ2v) is 5.82. The van der Waals surface area contributed by atoms with Crippen molar-refractivity contribution in [2.24, 2.45) is 7.05 Å². The fourth-order valence-corrected chi connectivity index (χ4v) is 3.07. The van der Waals surface area contributed by atoms with Gasteiger partial charge >= 0.3 is 0 Å². The Morgan fingerprint density at radius 1 is 1.39 bits per heavy atom. The van der Waals surface area contributed by atoms with Crippen molar-refractivity contribution in [3.05, 3.63) is 60.4 Å². The van der Waals surface area contributed by atoms with Crippen LogP contribution in [-0.4, -0.2) is 32.5 Å². The average Bonchev–Trinajstić information content (AvgIpc) is 3.25. The third kappa shape index (κ3) is 2.51. The molecule has 0 bridgehead atoms. The van der Waals surface area contributed by atoms with E-state index in [1.807, 2.05) is 58.9 Å². The van der Waals surface area contributed by atoms with E-state index in [2.05, 4.69) is 10.3 Å². The number of imidazole rings is 1. The Kier molecular flexibility index (Phi) is 3.38. The molecule has 2 atom stereocenters. The minimum absolute atomic E-state index is 0.0633. The van der Waals surface area contributed by atoms with E-state index in [9.17, 15) is 4.79 Å². The highest BCUT2D eigenvalue weighted by Gasteiger charge is 2.33. The van der Waals surface area contributed by atoms with Gasteiger partial charge in [-0.2, -0.15) is 0 Å². The normalized spacial score (nSPS) is 20.9. The number of pyridine rings is 1. The molecule has 6 nitrogen and oxygen atoms in total. The number of ether oxygens (including phenoxy) is 1. The van der Waals surface area contributed by atoms with Crippen molar-refractivity contribution in [3.63, 3.8) is 0 Å². The zero-order valence-corrected chi connectivity index (χ0v) is 12.8. The molecule has 3 aromatic heterocycles. The van der Waals surface area contributed by atoms with Crippen molar-refractivity contribution >= 4 is 11.4 Å². The quantitative estimate of drug-likeness (QED) is 0.804. The lowest BCUT2D eigenvalue weighted by Gasteiger charge is -2.19. The first-order valence-corrected chi connectivity index (χ1v) is 7.69. The zero-order chi connectivity index (χ0) is 15.8. The van der Waals surface area contributed by atoms with Crippen LogP contribution in [0.5, 0.6) is 0 Å². The first kappa shape index (κ1) is 14.0. The van der Waals surface area contributed by atoms with Crippen LogP contribution in [0, 0.1) is 0 Å². The summed E-state index contributed by atoms with van der Waals surface area (Å²) in [6, 6.07) is 7.70. The van der Waals surface area contributed by atoms with Gasteiger partial charge in [0.2, 0.25) is 0 Å². The predicted octanol–water partition coefficient (Wildman–Crippen LogP) is 1.93. The standard InChI is InChI=1S/C17H18N4O2/c1-20-8-6-18-16(20)15-14(5-9-23-15)19-17(22)12-10-13-4-2-3-7-21(13)11-12/h2-4,6-8,10-11,14-15H,5,9H2,1H3,(H,19,22)/t14-,15-/m0/s1. The van der Waals surface area contributed by atoms with E-state index in [4.69, 9.17) is 4.74 Å². The molecule has 1 saturated heterocycles. The number of nitrogens with zero attached hydrogens (tertiary/aromatic N) is 3. The van der Waals surface area contributed by atoms with Crippen molar-refractivity contribution in [1.82, 2.24) is 19.3 Å². The Hall–Kier alpha value is -2.60. The first-order valence-electron chi connectivity index (χ1n) is 7.69. The molecule has 23 heavy (non-hydrogen) atoms. The molecule has 1 aliphatic rings. The van der Waals surface area contributed by atoms with Gasteiger partial charge in [0.05, 0.1) is 11.6 Å². The van der Waals surface area contributed by atoms with Gasteiger partial charge in [0.1, 0.15) is 11.9 Å². The van der Waals surface area contributed by atoms with Gasteiger partial charge in [-0.05, 0) is 24.6 Å². The van der Waals surface area contributed by atoms with Crippen molar-refractivity contribution < 1.29 is 9.53 Å². The second-order valence-electron chi connectivity index (χ2n) is 5.82. The molecule has 4 heterocycles. The summed E-state index contributed by atoms with van der Waals surface area (Å²) >= 11 is 0. The summed E-state index contributed by atoms with van der Waals surface area (Å²) in [4.78, 5) is 16.9. The molecule has 0 radical (unpaired) electrons. The van der Waals surface area contributed by atoms with Crippen molar-refractivity contribution in [2.75, 3.05) is 6.61 Å². The lowest BCUT2D eigenvalue weighted by molar-refractivity contribution is 0.0779. The van der Waals surface area contributed by atoms with Crippen molar-refractivity contribution in [3.8, 4) is 0 Å². The number of carbonyl (C=O) groups excluding carboxylic acids is 1. The van der Waals surface area contributed by atoms with Gasteiger partial charge in [-0.15, -0.1) is 0 Å². The Balaban J connectivity index is 1.54. The summed E-state index contributed by atoms with van der Waals surface area (Å²) in [6.45, 7) is 0.625. The molecule has 1 N–H and O–H groups in total. The fraction of sp³-hybridized carbons (Fsp3) is 0.294. The molecule has 1 amide bonds. The minimum Gasteiger partial charge on any atom is -0.368 e. The van der Waals surface area contributed by atoms with E-state index in [1.54, 1.807) is 6.20 Å². The average molecular weight is 310 g/mol. The molecule has 0 aliphatic carbocycles. The summed E-state index contributed by atoms with van der Waals surface area (Å²) in [6.07, 6.45) is 8.00. The topological polar surface area (TPSA) is 60.6 Å². The molecule has 1 fully saturated rings. The van der Waals surface area contributed by atoms with Crippen LogP contribution < -0.4 is 5.32 Å². The van der Waals surface area contributed by atoms with Crippen LogP contribution in [0.1, 0.15) is 28.7 Å². The highest BCUT2D eigenvalue weighted by atomic mass is 16.5. The molecule has 0 aromatic carbocycles. The molecule has 6 heteroatoms. The van der Waals surface area contributed by atoms with E-state index in [-0.39, 0.29) is 18.1 Å². The van der Waals surface area contributed by atoms with Gasteiger partial charge in [0.15, 0.2) is 0 Å². The van der Waals surface area contributed by atoms with Gasteiger partial charge in [-0.1, -0.05) is 6.07 Å². The summed E-state index contributed by atoms with van der Waals surface area (Å²) < 4.78 is 9.66. The highest BCUT2D eigenvalue weighted by molar-refractivity contribution is 5.95. The van der Waals surface area contributed by atoms with Crippen LogP contribution >= 0.6 is 0 Å². The summed E-state index contributed by atoms with van der Waals surface area (Å²) in [5, 5.41) is 3.09. The number of aromatic nitrogens is 3. The molecule has 3 aromatic rings. The number of hydrogen-bond acceptors (Lipinski definition) is 3. The lowest BCUT2D eigenvalue weighted by atomic mass is 10.1. The van der Waals surface area contributed by atoms with Crippen LogP contribution in [0.25, 0.3) is 5.52 Å². The van der Waals surface area contributed by atoms with Crippen LogP contribution in [0.2, 0.25) is 0 Å². The SMILES string of the molecule is Cn1ccnc1[C@H]1OCC[C@@H]1NC(=O)c1cc2ccccn2c1. The van der Waals surface area contributed by atoms with Crippen LogP contribution in [0.15, 0.2) is 49.1 Å². The van der Waals surface area contributed by atoms with Gasteiger partial charge in [0, 0.05) is 44.0 Å². The van der Waals surface area contributed by atoms with E-state index in [0.29, 0.717) is 12.2 Å². The van der Waals surface area contributed by atoms with Gasteiger partial charge in [-0.3, -0.25) is 4.79 Å². The number of fused-ring (bicyclic) bond motifs is 1. The van der Waals surface area contributed by atoms with Crippen LogP contribution in [0.3, 0.4) is 0 Å². The van der Waals surface area contributed by atoms with Crippen molar-refractivity contribution in [1.29, 1.82) is 0 Å². The fourth-order valence-electron chi connectivity index (χ4n) is 3.07. The summed E-state index contributed by atoms with van der Waals surface area (Å²) in [7, 11) is 1.93. The summed E-state index contributed by atoms with van der Waals surface area (Å²) in [5.74, 6) is 0.762. The maximum absolute atomic E-state index is 12.6. The highest BCUT2D eigenvalue weighted by Crippen LogP contribution is 2.28. The van der Waals surface area contributed by atoms with E-state index in [0.717, 1.165) is 17.8 Å². The van der Waals surface area contributed by atoms with Gasteiger partial charge in [-0.25, -0.2) is 4.98 Å². The third-order valence-electron chi connectivity index (χ3n) is 4.29. The number of nitrogens with one attached hydrogen (secondary N) is 1. The molecular formula is C17H18N4O2. The van der Waals surface area contributed by atoms with Crippen LogP contribution in [0.4, 0.5) is 0 Å². The monoisotopic (exact) mass is 310 g/mol. The summed E-state index contributed by atoms with van der Waals surface area (Å²) in [5.41, 5.74) is 1.66. The Bertz CT molecular complexity index is 818. The van der Waals surface area contributed by atoms with Crippen molar-refractivity contribution in [2.45, 2.75) is 18.6 Å². The molecule has 1 aliphatic heterocycles. The van der Waals surface area contributed by atoms with Crippen LogP contribution in [-0.2, 0) is 11.8 Å². The smallest absolute Gasteiger partial charge is 0.253 e. The molecule has 118 valence electrons. The second kappa shape index (κ2) is 5.55. The number of carbonyl (C=O) groups is 1. The molecular weight excluding hydrogens is 292 g/mol. The molecule has 4 rings (SSSR count). The number of hydrogen-bond donors (Lipinski definition) is 1. The Morgan fingerprint density at radius 2 is 2.30 bits per heavy atom. The Labute approximate surface area is 133 Å². The number of amides is 1. The van der Waals surface area contributed by atoms with Gasteiger partial charge in [0.25, 0.3) is 5.91 Å². The number of aryl methyl sites for hydroxylation is 1. The molecule has 0 saturated carbocycles. The van der Waals surface area contributed by atoms with E-state index >= 15 is 0 Å². The molecule has 0 spiro atoms. The number of rotatable bonds is 3. The molecule has 0 unspecified atom stereocenters. The predicted molar refractivity (Wildman–Crippen MR) is 85.2 cm³/mol. The minimum atomic E-state index is -0.198. The van der Waals surface area contributed by atoms with Gasteiger partial charge < -0.3 is 19.0 Å². The lowest BCUT2D eigenvalue weighted by Crippen LogP contribution is -2.37. The van der Waals surface area contributed by atoms with E-state index < -0.39 is 0 Å². The zero-order valence-electron chi connectivity index (χ0n) is 12.8. The Morgan fingerprint density at radius 3 is 3.09 bits per heavy atom. The van der Waals surface area contributed by atoms with E-state index in [1.165, 1.54) is 0 Å². The largest absolute Gasteiger partial charge is 0.368 e. The maximum atomic E-state index is 12.6. The first-order chi connectivity index (χ1) is 11.2. The maximum Gasteiger partial charge on any atom is 0.253 e.